The van der Waals surface area contributed by atoms with Crippen LogP contribution in [0.4, 0.5) is 11.5 Å². The molecule has 0 aliphatic carbocycles. The van der Waals surface area contributed by atoms with Crippen molar-refractivity contribution in [2.75, 3.05) is 37.7 Å². The average Bonchev–Trinajstić information content (AvgIpc) is 2.56. The smallest absolute Gasteiger partial charge is 0.147 e. The van der Waals surface area contributed by atoms with Crippen molar-refractivity contribution < 1.29 is 0 Å². The summed E-state index contributed by atoms with van der Waals surface area (Å²) in [4.78, 5) is 2.39. The number of nitrogens with one attached hydrogen (secondary N) is 1. The molecule has 0 radical (unpaired) electrons. The first-order chi connectivity index (χ1) is 8.41. The third-order valence-electron chi connectivity index (χ3n) is 4.15. The van der Waals surface area contributed by atoms with Crippen LogP contribution in [0, 0.1) is 12.3 Å². The highest BCUT2D eigenvalue weighted by Crippen LogP contribution is 2.31. The van der Waals surface area contributed by atoms with Crippen LogP contribution in [0.3, 0.4) is 0 Å². The van der Waals surface area contributed by atoms with E-state index in [1.165, 1.54) is 25.9 Å². The number of nitrogen functional groups attached to an aromatic ring is 1. The van der Waals surface area contributed by atoms with E-state index >= 15 is 0 Å². The van der Waals surface area contributed by atoms with Crippen molar-refractivity contribution >= 4 is 11.5 Å². The normalized spacial score (nSPS) is 20.0. The number of aryl methyl sites for hydroxylation is 2. The number of anilines is 2. The summed E-state index contributed by atoms with van der Waals surface area (Å²) in [6.07, 6.45) is 2.46. The second kappa shape index (κ2) is 4.80. The lowest BCUT2D eigenvalue weighted by atomic mass is 9.80. The molecule has 1 aliphatic rings. The van der Waals surface area contributed by atoms with Crippen LogP contribution in [-0.4, -0.2) is 41.4 Å². The van der Waals surface area contributed by atoms with Crippen molar-refractivity contribution in [2.24, 2.45) is 12.5 Å². The second-order valence-corrected chi connectivity index (χ2v) is 5.94. The van der Waals surface area contributed by atoms with Crippen molar-refractivity contribution in [3.05, 3.63) is 5.69 Å². The predicted octanol–water partition coefficient (Wildman–Crippen LogP) is 1.45. The van der Waals surface area contributed by atoms with Gasteiger partial charge in [-0.3, -0.25) is 4.68 Å². The molecule has 5 nitrogen and oxygen atoms in total. The van der Waals surface area contributed by atoms with Gasteiger partial charge in [-0.25, -0.2) is 0 Å². The molecule has 0 bridgehead atoms. The standard InChI is InChI=1S/C13H25N5/c1-10-11(14)12(18(4)16-10)15-9-13(2)5-7-17(3)8-6-13/h15H,5-9,14H2,1-4H3. The summed E-state index contributed by atoms with van der Waals surface area (Å²) in [6, 6.07) is 0. The summed E-state index contributed by atoms with van der Waals surface area (Å²) < 4.78 is 1.84. The summed E-state index contributed by atoms with van der Waals surface area (Å²) in [6.45, 7) is 7.62. The van der Waals surface area contributed by atoms with Crippen molar-refractivity contribution in [2.45, 2.75) is 26.7 Å². The molecule has 0 amide bonds. The summed E-state index contributed by atoms with van der Waals surface area (Å²) in [7, 11) is 4.12. The maximum atomic E-state index is 6.03. The van der Waals surface area contributed by atoms with Crippen LogP contribution in [0.5, 0.6) is 0 Å². The van der Waals surface area contributed by atoms with E-state index in [4.69, 9.17) is 5.73 Å². The van der Waals surface area contributed by atoms with Gasteiger partial charge in [0.25, 0.3) is 0 Å². The molecular formula is C13H25N5. The highest BCUT2D eigenvalue weighted by molar-refractivity contribution is 5.64. The van der Waals surface area contributed by atoms with E-state index in [1.807, 2.05) is 18.7 Å². The van der Waals surface area contributed by atoms with Gasteiger partial charge >= 0.3 is 0 Å². The van der Waals surface area contributed by atoms with E-state index < -0.39 is 0 Å². The first kappa shape index (κ1) is 13.2. The van der Waals surface area contributed by atoms with Crippen molar-refractivity contribution in [1.29, 1.82) is 0 Å². The van der Waals surface area contributed by atoms with E-state index in [-0.39, 0.29) is 0 Å². The predicted molar refractivity (Wildman–Crippen MR) is 75.7 cm³/mol. The molecular weight excluding hydrogens is 226 g/mol. The Hall–Kier alpha value is -1.23. The number of piperidine rings is 1. The number of nitrogens with zero attached hydrogens (tertiary/aromatic N) is 3. The Balaban J connectivity index is 1.99. The molecule has 0 atom stereocenters. The average molecular weight is 251 g/mol. The quantitative estimate of drug-likeness (QED) is 0.854. The van der Waals surface area contributed by atoms with Crippen LogP contribution in [0.25, 0.3) is 0 Å². The summed E-state index contributed by atoms with van der Waals surface area (Å²) in [5.74, 6) is 0.952. The molecule has 1 fully saturated rings. The fraction of sp³-hybridized carbons (Fsp3) is 0.769. The van der Waals surface area contributed by atoms with Crippen LogP contribution < -0.4 is 11.1 Å². The van der Waals surface area contributed by atoms with Gasteiger partial charge < -0.3 is 16.0 Å². The molecule has 0 saturated carbocycles. The maximum absolute atomic E-state index is 6.03. The molecule has 1 saturated heterocycles. The number of rotatable bonds is 3. The molecule has 0 aromatic carbocycles. The molecule has 18 heavy (non-hydrogen) atoms. The largest absolute Gasteiger partial charge is 0.394 e. The van der Waals surface area contributed by atoms with Crippen LogP contribution in [0.2, 0.25) is 0 Å². The lowest BCUT2D eigenvalue weighted by Gasteiger charge is -2.38. The van der Waals surface area contributed by atoms with Gasteiger partial charge in [0.2, 0.25) is 0 Å². The van der Waals surface area contributed by atoms with Crippen LogP contribution in [0.1, 0.15) is 25.5 Å². The van der Waals surface area contributed by atoms with Crippen molar-refractivity contribution in [3.8, 4) is 0 Å². The van der Waals surface area contributed by atoms with Gasteiger partial charge in [0.05, 0.1) is 11.4 Å². The lowest BCUT2D eigenvalue weighted by Crippen LogP contribution is -2.40. The Kier molecular flexibility index (Phi) is 3.52. The molecule has 0 spiro atoms. The molecule has 3 N–H and O–H groups in total. The number of hydrogen-bond acceptors (Lipinski definition) is 4. The number of aromatic nitrogens is 2. The van der Waals surface area contributed by atoms with Gasteiger partial charge in [0.15, 0.2) is 0 Å². The molecule has 0 unspecified atom stereocenters. The summed E-state index contributed by atoms with van der Waals surface area (Å²) in [5.41, 5.74) is 8.06. The third-order valence-corrected chi connectivity index (χ3v) is 4.15. The van der Waals surface area contributed by atoms with E-state index in [0.29, 0.717) is 5.41 Å². The molecule has 2 rings (SSSR count). The zero-order valence-electron chi connectivity index (χ0n) is 12.0. The highest BCUT2D eigenvalue weighted by Gasteiger charge is 2.29. The Morgan fingerprint density at radius 3 is 2.44 bits per heavy atom. The Morgan fingerprint density at radius 1 is 1.33 bits per heavy atom. The van der Waals surface area contributed by atoms with Crippen molar-refractivity contribution in [1.82, 2.24) is 14.7 Å². The van der Waals surface area contributed by atoms with Gasteiger partial charge in [0.1, 0.15) is 5.82 Å². The van der Waals surface area contributed by atoms with Crippen LogP contribution >= 0.6 is 0 Å². The minimum absolute atomic E-state index is 0.358. The van der Waals surface area contributed by atoms with E-state index in [0.717, 1.165) is 23.7 Å². The van der Waals surface area contributed by atoms with Gasteiger partial charge in [0, 0.05) is 13.6 Å². The number of likely N-dealkylation sites (tertiary alicyclic amines) is 1. The monoisotopic (exact) mass is 251 g/mol. The first-order valence-corrected chi connectivity index (χ1v) is 6.63. The Bertz CT molecular complexity index is 415. The molecule has 2 heterocycles. The Labute approximate surface area is 109 Å². The molecule has 1 aromatic rings. The molecule has 1 aliphatic heterocycles. The summed E-state index contributed by atoms with van der Waals surface area (Å²) >= 11 is 0. The topological polar surface area (TPSA) is 59.1 Å². The summed E-state index contributed by atoms with van der Waals surface area (Å²) in [5, 5.41) is 7.81. The maximum Gasteiger partial charge on any atom is 0.147 e. The Morgan fingerprint density at radius 2 is 1.94 bits per heavy atom. The zero-order valence-corrected chi connectivity index (χ0v) is 12.0. The third kappa shape index (κ3) is 2.61. The van der Waals surface area contributed by atoms with Crippen LogP contribution in [0.15, 0.2) is 0 Å². The second-order valence-electron chi connectivity index (χ2n) is 5.94. The fourth-order valence-corrected chi connectivity index (χ4v) is 2.52. The van der Waals surface area contributed by atoms with Gasteiger partial charge in [-0.15, -0.1) is 0 Å². The van der Waals surface area contributed by atoms with Crippen LogP contribution in [-0.2, 0) is 7.05 Å². The van der Waals surface area contributed by atoms with Gasteiger partial charge in [-0.1, -0.05) is 6.92 Å². The first-order valence-electron chi connectivity index (χ1n) is 6.63. The fourth-order valence-electron chi connectivity index (χ4n) is 2.52. The van der Waals surface area contributed by atoms with Gasteiger partial charge in [-0.05, 0) is 45.3 Å². The number of nitrogens with two attached hydrogens (primary N) is 1. The van der Waals surface area contributed by atoms with E-state index in [1.54, 1.807) is 0 Å². The SMILES string of the molecule is Cc1nn(C)c(NCC2(C)CCN(C)CC2)c1N. The molecule has 5 heteroatoms. The van der Waals surface area contributed by atoms with E-state index in [2.05, 4.69) is 29.3 Å². The zero-order chi connectivity index (χ0) is 13.3. The minimum Gasteiger partial charge on any atom is -0.394 e. The lowest BCUT2D eigenvalue weighted by molar-refractivity contribution is 0.150. The number of hydrogen-bond donors (Lipinski definition) is 2. The minimum atomic E-state index is 0.358. The highest BCUT2D eigenvalue weighted by atomic mass is 15.3. The molecule has 102 valence electrons. The molecule has 1 aromatic heterocycles. The van der Waals surface area contributed by atoms with Crippen molar-refractivity contribution in [3.63, 3.8) is 0 Å². The van der Waals surface area contributed by atoms with Gasteiger partial charge in [-0.2, -0.15) is 5.10 Å². The van der Waals surface area contributed by atoms with E-state index in [9.17, 15) is 0 Å².